The molecule has 0 aromatic heterocycles. The molecular weight excluding hydrogens is 432 g/mol. The Kier molecular flexibility index (Phi) is 7.45. The Morgan fingerprint density at radius 3 is 2.86 bits per heavy atom. The topological polar surface area (TPSA) is 73.6 Å². The van der Waals surface area contributed by atoms with Gasteiger partial charge in [0.1, 0.15) is 18.3 Å². The molecule has 6 heteroatoms. The van der Waals surface area contributed by atoms with Gasteiger partial charge in [0.25, 0.3) is 0 Å². The molecular formula is C23H27BrN2O3. The van der Waals surface area contributed by atoms with Crippen LogP contribution in [0.3, 0.4) is 0 Å². The van der Waals surface area contributed by atoms with Crippen molar-refractivity contribution in [1.82, 2.24) is 0 Å². The highest BCUT2D eigenvalue weighted by molar-refractivity contribution is 9.10. The molecule has 1 aliphatic rings. The number of rotatable bonds is 5. The predicted molar refractivity (Wildman–Crippen MR) is 119 cm³/mol. The number of hydrogen-bond donors (Lipinski definition) is 2. The maximum atomic E-state index is 11.2. The number of carbonyl (C=O) groups excluding carboxylic acids is 1. The summed E-state index contributed by atoms with van der Waals surface area (Å²) in [5.74, 6) is 0.770. The SMILES string of the molecule is Cc1ccc(OC2CCC[C@@H](O)N(CC=O)c3cccc(Br)c3CC2)cc1C=N. The number of fused-ring (bicyclic) bond motifs is 1. The van der Waals surface area contributed by atoms with E-state index in [9.17, 15) is 9.90 Å². The molecule has 0 bridgehead atoms. The van der Waals surface area contributed by atoms with E-state index in [0.29, 0.717) is 6.42 Å². The Morgan fingerprint density at radius 2 is 2.10 bits per heavy atom. The van der Waals surface area contributed by atoms with Gasteiger partial charge in [0, 0.05) is 16.4 Å². The largest absolute Gasteiger partial charge is 0.490 e. The van der Waals surface area contributed by atoms with Crippen LogP contribution in [0.5, 0.6) is 5.75 Å². The second-order valence-electron chi connectivity index (χ2n) is 7.41. The van der Waals surface area contributed by atoms with Gasteiger partial charge in [-0.25, -0.2) is 0 Å². The van der Waals surface area contributed by atoms with Gasteiger partial charge in [0.15, 0.2) is 0 Å². The number of aldehydes is 1. The van der Waals surface area contributed by atoms with E-state index in [1.807, 2.05) is 43.3 Å². The number of ether oxygens (including phenoxy) is 1. The molecule has 2 atom stereocenters. The number of aliphatic hydroxyl groups excluding tert-OH is 1. The standard InChI is InChI=1S/C23H27BrN2O3/c1-16-8-9-19(14-17(16)15-25)29-18-4-2-7-23(28)26(12-13-27)22-6-3-5-21(24)20(22)11-10-18/h3,5-6,8-9,13-15,18,23,25,28H,2,4,7,10-12H2,1H3/t18?,23-/m1/s1. The Hall–Kier alpha value is -2.18. The minimum Gasteiger partial charge on any atom is -0.490 e. The molecule has 2 aromatic carbocycles. The molecule has 29 heavy (non-hydrogen) atoms. The van der Waals surface area contributed by atoms with Gasteiger partial charge < -0.3 is 24.9 Å². The minimum atomic E-state index is -0.712. The van der Waals surface area contributed by atoms with Gasteiger partial charge in [-0.3, -0.25) is 0 Å². The number of halogens is 1. The van der Waals surface area contributed by atoms with Crippen LogP contribution >= 0.6 is 15.9 Å². The molecule has 2 N–H and O–H groups in total. The monoisotopic (exact) mass is 458 g/mol. The number of aliphatic hydroxyl groups is 1. The molecule has 1 heterocycles. The number of benzene rings is 2. The van der Waals surface area contributed by atoms with Crippen molar-refractivity contribution in [3.63, 3.8) is 0 Å². The number of nitrogens with zero attached hydrogens (tertiary/aromatic N) is 1. The van der Waals surface area contributed by atoms with E-state index in [0.717, 1.165) is 64.6 Å². The number of aryl methyl sites for hydroxylation is 1. The van der Waals surface area contributed by atoms with E-state index in [-0.39, 0.29) is 12.6 Å². The van der Waals surface area contributed by atoms with Crippen LogP contribution in [-0.4, -0.2) is 36.5 Å². The van der Waals surface area contributed by atoms with E-state index in [4.69, 9.17) is 10.1 Å². The molecule has 0 amide bonds. The summed E-state index contributed by atoms with van der Waals surface area (Å²) in [5, 5.41) is 18.3. The lowest BCUT2D eigenvalue weighted by molar-refractivity contribution is -0.107. The summed E-state index contributed by atoms with van der Waals surface area (Å²) in [4.78, 5) is 13.0. The van der Waals surface area contributed by atoms with E-state index < -0.39 is 6.23 Å². The van der Waals surface area contributed by atoms with Crippen LogP contribution in [0, 0.1) is 12.3 Å². The fraction of sp³-hybridized carbons (Fsp3) is 0.391. The second kappa shape index (κ2) is 10.0. The number of carbonyl (C=O) groups is 1. The number of hydrogen-bond acceptors (Lipinski definition) is 5. The molecule has 154 valence electrons. The lowest BCUT2D eigenvalue weighted by atomic mass is 9.98. The normalized spacial score (nSPS) is 19.9. The molecule has 1 unspecified atom stereocenters. The smallest absolute Gasteiger partial charge is 0.139 e. The number of anilines is 1. The summed E-state index contributed by atoms with van der Waals surface area (Å²) in [5.41, 5.74) is 3.87. The van der Waals surface area contributed by atoms with Crippen molar-refractivity contribution in [2.75, 3.05) is 11.4 Å². The van der Waals surface area contributed by atoms with Crippen LogP contribution in [0.4, 0.5) is 5.69 Å². The molecule has 3 rings (SSSR count). The van der Waals surface area contributed by atoms with Gasteiger partial charge in [-0.2, -0.15) is 0 Å². The van der Waals surface area contributed by atoms with E-state index >= 15 is 0 Å². The van der Waals surface area contributed by atoms with Crippen LogP contribution in [0.25, 0.3) is 0 Å². The van der Waals surface area contributed by atoms with Crippen LogP contribution in [-0.2, 0) is 11.2 Å². The average molecular weight is 459 g/mol. The molecule has 1 aliphatic heterocycles. The molecule has 0 spiro atoms. The zero-order chi connectivity index (χ0) is 20.8. The third-order valence-corrected chi connectivity index (χ3v) is 6.19. The Morgan fingerprint density at radius 1 is 1.28 bits per heavy atom. The number of nitrogens with one attached hydrogen (secondary N) is 1. The fourth-order valence-corrected chi connectivity index (χ4v) is 4.37. The quantitative estimate of drug-likeness (QED) is 0.505. The highest BCUT2D eigenvalue weighted by atomic mass is 79.9. The molecule has 2 aromatic rings. The van der Waals surface area contributed by atoms with Crippen LogP contribution in [0.2, 0.25) is 0 Å². The summed E-state index contributed by atoms with van der Waals surface area (Å²) >= 11 is 3.64. The van der Waals surface area contributed by atoms with E-state index in [2.05, 4.69) is 15.9 Å². The summed E-state index contributed by atoms with van der Waals surface area (Å²) in [7, 11) is 0. The van der Waals surface area contributed by atoms with Crippen LogP contribution in [0.15, 0.2) is 40.9 Å². The molecule has 0 radical (unpaired) electrons. The van der Waals surface area contributed by atoms with Gasteiger partial charge in [0.2, 0.25) is 0 Å². The van der Waals surface area contributed by atoms with E-state index in [1.54, 1.807) is 4.90 Å². The Bertz CT molecular complexity index is 871. The maximum absolute atomic E-state index is 11.2. The third kappa shape index (κ3) is 5.25. The minimum absolute atomic E-state index is 0.0149. The lowest BCUT2D eigenvalue weighted by Crippen LogP contribution is -2.38. The van der Waals surface area contributed by atoms with Crippen molar-refractivity contribution in [3.8, 4) is 5.75 Å². The average Bonchev–Trinajstić information content (AvgIpc) is 2.71. The zero-order valence-corrected chi connectivity index (χ0v) is 18.2. The van der Waals surface area contributed by atoms with Crippen molar-refractivity contribution >= 4 is 34.1 Å². The zero-order valence-electron chi connectivity index (χ0n) is 16.6. The van der Waals surface area contributed by atoms with Crippen molar-refractivity contribution in [2.24, 2.45) is 0 Å². The highest BCUT2D eigenvalue weighted by Crippen LogP contribution is 2.33. The molecule has 0 aliphatic carbocycles. The van der Waals surface area contributed by atoms with Crippen LogP contribution in [0.1, 0.15) is 42.4 Å². The van der Waals surface area contributed by atoms with Gasteiger partial charge in [-0.1, -0.05) is 28.1 Å². The van der Waals surface area contributed by atoms with Gasteiger partial charge in [-0.05, 0) is 80.0 Å². The Balaban J connectivity index is 1.85. The second-order valence-corrected chi connectivity index (χ2v) is 8.26. The maximum Gasteiger partial charge on any atom is 0.139 e. The van der Waals surface area contributed by atoms with Crippen molar-refractivity contribution in [3.05, 3.63) is 57.6 Å². The third-order valence-electron chi connectivity index (χ3n) is 5.45. The highest BCUT2D eigenvalue weighted by Gasteiger charge is 2.23. The van der Waals surface area contributed by atoms with E-state index in [1.165, 1.54) is 6.21 Å². The van der Waals surface area contributed by atoms with Gasteiger partial charge in [-0.15, -0.1) is 0 Å². The first kappa shape index (κ1) is 21.5. The lowest BCUT2D eigenvalue weighted by Gasteiger charge is -2.32. The summed E-state index contributed by atoms with van der Waals surface area (Å²) < 4.78 is 7.25. The van der Waals surface area contributed by atoms with Gasteiger partial charge >= 0.3 is 0 Å². The molecule has 0 saturated carbocycles. The molecule has 0 fully saturated rings. The first-order valence-corrected chi connectivity index (χ1v) is 10.8. The summed E-state index contributed by atoms with van der Waals surface area (Å²) in [6, 6.07) is 11.7. The van der Waals surface area contributed by atoms with Crippen molar-refractivity contribution in [1.29, 1.82) is 5.41 Å². The molecule has 5 nitrogen and oxygen atoms in total. The predicted octanol–water partition coefficient (Wildman–Crippen LogP) is 4.64. The van der Waals surface area contributed by atoms with Crippen molar-refractivity contribution in [2.45, 2.75) is 51.4 Å². The summed E-state index contributed by atoms with van der Waals surface area (Å²) in [6.07, 6.45) is 5.27. The summed E-state index contributed by atoms with van der Waals surface area (Å²) in [6.45, 7) is 2.15. The van der Waals surface area contributed by atoms with Crippen molar-refractivity contribution < 1.29 is 14.6 Å². The van der Waals surface area contributed by atoms with Crippen LogP contribution < -0.4 is 9.64 Å². The first-order chi connectivity index (χ1) is 14.0. The molecule has 0 saturated heterocycles. The van der Waals surface area contributed by atoms with Gasteiger partial charge in [0.05, 0.1) is 12.6 Å². The fourth-order valence-electron chi connectivity index (χ4n) is 3.82. The Labute approximate surface area is 180 Å². The first-order valence-electron chi connectivity index (χ1n) is 9.97.